The Morgan fingerprint density at radius 1 is 0.900 bits per heavy atom. The van der Waals surface area contributed by atoms with Gasteiger partial charge >= 0.3 is 0 Å². The summed E-state index contributed by atoms with van der Waals surface area (Å²) in [5.74, 6) is -1.25. The van der Waals surface area contributed by atoms with E-state index in [0.717, 1.165) is 16.5 Å². The van der Waals surface area contributed by atoms with Gasteiger partial charge in [0.15, 0.2) is 0 Å². The van der Waals surface area contributed by atoms with Crippen LogP contribution in [0.3, 0.4) is 0 Å². The van der Waals surface area contributed by atoms with E-state index in [1.165, 1.54) is 0 Å². The number of hydrogen-bond donors (Lipinski definition) is 6. The van der Waals surface area contributed by atoms with E-state index in [0.29, 0.717) is 51.3 Å². The lowest BCUT2D eigenvalue weighted by atomic mass is 10.0. The van der Waals surface area contributed by atoms with Gasteiger partial charge in [0.2, 0.25) is 17.7 Å². The van der Waals surface area contributed by atoms with Crippen molar-refractivity contribution in [2.75, 3.05) is 44.6 Å². The van der Waals surface area contributed by atoms with Crippen LogP contribution in [0.15, 0.2) is 66.9 Å². The molecule has 1 heterocycles. The number of carbonyl (C=O) groups is 3. The third-order valence-corrected chi connectivity index (χ3v) is 6.42. The van der Waals surface area contributed by atoms with E-state index >= 15 is 0 Å². The van der Waals surface area contributed by atoms with Crippen LogP contribution in [0.5, 0.6) is 0 Å². The molecule has 0 aliphatic carbocycles. The van der Waals surface area contributed by atoms with Crippen molar-refractivity contribution in [3.8, 4) is 0 Å². The topological polar surface area (TPSA) is 181 Å². The molecule has 0 fully saturated rings. The average molecular weight is 549 g/mol. The van der Waals surface area contributed by atoms with Crippen molar-refractivity contribution in [2.45, 2.75) is 31.3 Å². The maximum Gasteiger partial charge on any atom is 0.247 e. The van der Waals surface area contributed by atoms with Crippen molar-refractivity contribution in [2.24, 2.45) is 17.2 Å². The molecule has 0 aliphatic heterocycles. The number of hydrogen-bond acceptors (Lipinski definition) is 8. The lowest BCUT2D eigenvalue weighted by Gasteiger charge is -2.25. The highest BCUT2D eigenvalue weighted by molar-refractivity contribution is 5.99. The number of aromatic nitrogens is 1. The molecule has 0 saturated carbocycles. The smallest absolute Gasteiger partial charge is 0.247 e. The van der Waals surface area contributed by atoms with Crippen molar-refractivity contribution < 1.29 is 14.4 Å². The third-order valence-electron chi connectivity index (χ3n) is 6.42. The zero-order chi connectivity index (χ0) is 28.7. The van der Waals surface area contributed by atoms with Crippen LogP contribution in [0, 0.1) is 0 Å². The Labute approximate surface area is 234 Å². The number of pyridine rings is 1. The molecule has 1 aromatic heterocycles. The number of nitrogens with zero attached hydrogens (tertiary/aromatic N) is 2. The zero-order valence-electron chi connectivity index (χ0n) is 22.7. The van der Waals surface area contributed by atoms with E-state index in [1.54, 1.807) is 11.1 Å². The van der Waals surface area contributed by atoms with Gasteiger partial charge in [-0.2, -0.15) is 0 Å². The molecule has 11 nitrogen and oxygen atoms in total. The Bertz CT molecular complexity index is 1240. The molecule has 3 rings (SSSR count). The van der Waals surface area contributed by atoms with Gasteiger partial charge in [-0.3, -0.25) is 19.4 Å². The summed E-state index contributed by atoms with van der Waals surface area (Å²) in [7, 11) is 0. The Morgan fingerprint density at radius 2 is 1.65 bits per heavy atom. The monoisotopic (exact) mass is 548 g/mol. The summed E-state index contributed by atoms with van der Waals surface area (Å²) in [6.45, 7) is 2.73. The molecule has 2 aromatic carbocycles. The van der Waals surface area contributed by atoms with Crippen molar-refractivity contribution >= 4 is 34.3 Å². The molecule has 9 N–H and O–H groups in total. The molecule has 0 aliphatic rings. The highest BCUT2D eigenvalue weighted by Crippen LogP contribution is 2.17. The summed E-state index contributed by atoms with van der Waals surface area (Å²) in [5, 5.41) is 9.64. The van der Waals surface area contributed by atoms with Gasteiger partial charge in [0.25, 0.3) is 0 Å². The molecule has 3 aromatic rings. The van der Waals surface area contributed by atoms with Gasteiger partial charge in [-0.15, -0.1) is 0 Å². The average Bonchev–Trinajstić information content (AvgIpc) is 2.97. The highest BCUT2D eigenvalue weighted by Gasteiger charge is 2.26. The van der Waals surface area contributed by atoms with Gasteiger partial charge in [-0.1, -0.05) is 48.5 Å². The van der Waals surface area contributed by atoms with Crippen LogP contribution in [0.1, 0.15) is 18.4 Å². The lowest BCUT2D eigenvalue weighted by molar-refractivity contribution is -0.134. The largest absolute Gasteiger partial charge is 0.343 e. The van der Waals surface area contributed by atoms with Gasteiger partial charge < -0.3 is 38.1 Å². The number of rotatable bonds is 16. The quantitative estimate of drug-likeness (QED) is 0.139. The lowest BCUT2D eigenvalue weighted by Crippen LogP contribution is -2.52. The number of fused-ring (bicyclic) bond motifs is 1. The van der Waals surface area contributed by atoms with Crippen molar-refractivity contribution in [1.82, 2.24) is 20.5 Å². The number of amides is 3. The molecular formula is C29H40N8O3. The molecule has 0 saturated heterocycles. The predicted molar refractivity (Wildman–Crippen MR) is 157 cm³/mol. The number of carbonyl (C=O) groups excluding carboxylic acids is 3. The Kier molecular flexibility index (Phi) is 12.5. The second-order valence-electron chi connectivity index (χ2n) is 9.51. The predicted octanol–water partition coefficient (Wildman–Crippen LogP) is 0.344. The van der Waals surface area contributed by atoms with Crippen LogP contribution in [0.25, 0.3) is 10.9 Å². The normalized spacial score (nSPS) is 12.5. The summed E-state index contributed by atoms with van der Waals surface area (Å²) in [4.78, 5) is 45.2. The minimum Gasteiger partial charge on any atom is -0.343 e. The molecule has 2 unspecified atom stereocenters. The van der Waals surface area contributed by atoms with Crippen LogP contribution in [0.2, 0.25) is 0 Å². The van der Waals surface area contributed by atoms with Gasteiger partial charge in [0.1, 0.15) is 6.04 Å². The van der Waals surface area contributed by atoms with E-state index in [1.807, 2.05) is 60.7 Å². The van der Waals surface area contributed by atoms with E-state index in [2.05, 4.69) is 20.9 Å². The van der Waals surface area contributed by atoms with Crippen LogP contribution >= 0.6 is 0 Å². The van der Waals surface area contributed by atoms with E-state index in [4.69, 9.17) is 17.2 Å². The highest BCUT2D eigenvalue weighted by atomic mass is 16.2. The fourth-order valence-corrected chi connectivity index (χ4v) is 4.24. The fourth-order valence-electron chi connectivity index (χ4n) is 4.24. The van der Waals surface area contributed by atoms with E-state index in [9.17, 15) is 14.4 Å². The Hall–Kier alpha value is -3.90. The molecule has 2 atom stereocenters. The molecule has 11 heteroatoms. The number of benzene rings is 2. The first kappa shape index (κ1) is 30.6. The summed E-state index contributed by atoms with van der Waals surface area (Å²) in [5.41, 5.74) is 19.6. The summed E-state index contributed by atoms with van der Waals surface area (Å²) < 4.78 is 0. The Morgan fingerprint density at radius 3 is 2.40 bits per heavy atom. The first-order chi connectivity index (χ1) is 19.4. The zero-order valence-corrected chi connectivity index (χ0v) is 22.7. The van der Waals surface area contributed by atoms with E-state index < -0.39 is 23.9 Å². The minimum atomic E-state index is -1.13. The van der Waals surface area contributed by atoms with Gasteiger partial charge in [0.05, 0.1) is 29.9 Å². The SMILES string of the molecule is NCCNCCN(CCN)C(=O)CC(N)C(=O)NC(CCc1ccccc1)C(=O)Nc1cnc2ccccc2c1. The third kappa shape index (κ3) is 9.69. The van der Waals surface area contributed by atoms with Crippen LogP contribution < -0.4 is 33.2 Å². The van der Waals surface area contributed by atoms with E-state index in [-0.39, 0.29) is 18.9 Å². The van der Waals surface area contributed by atoms with Crippen LogP contribution in [0.4, 0.5) is 5.69 Å². The van der Waals surface area contributed by atoms with Gasteiger partial charge in [-0.05, 0) is 30.5 Å². The summed E-state index contributed by atoms with van der Waals surface area (Å²) >= 11 is 0. The molecule has 0 spiro atoms. The van der Waals surface area contributed by atoms with Crippen molar-refractivity contribution in [3.05, 3.63) is 72.4 Å². The van der Waals surface area contributed by atoms with Crippen LogP contribution in [-0.2, 0) is 20.8 Å². The first-order valence-corrected chi connectivity index (χ1v) is 13.6. The standard InChI is InChI=1S/C29H40N8O3/c30-12-14-33-15-17-37(16-13-31)27(38)19-24(32)28(39)36-26(11-10-21-6-2-1-3-7-21)29(40)35-23-18-22-8-4-5-9-25(22)34-20-23/h1-9,18,20,24,26,33H,10-17,19,30-32H2,(H,35,40)(H,36,39). The summed E-state index contributed by atoms with van der Waals surface area (Å²) in [6.07, 6.45) is 2.28. The van der Waals surface area contributed by atoms with Gasteiger partial charge in [-0.25, -0.2) is 0 Å². The second kappa shape index (κ2) is 16.3. The van der Waals surface area contributed by atoms with Crippen molar-refractivity contribution in [1.29, 1.82) is 0 Å². The maximum absolute atomic E-state index is 13.3. The first-order valence-electron chi connectivity index (χ1n) is 13.6. The van der Waals surface area contributed by atoms with Crippen LogP contribution in [-0.4, -0.2) is 79.0 Å². The maximum atomic E-state index is 13.3. The number of aryl methyl sites for hydroxylation is 1. The molecule has 214 valence electrons. The summed E-state index contributed by atoms with van der Waals surface area (Å²) in [6, 6.07) is 17.1. The number of anilines is 1. The molecule has 3 amide bonds. The Balaban J connectivity index is 1.65. The minimum absolute atomic E-state index is 0.204. The molecule has 40 heavy (non-hydrogen) atoms. The van der Waals surface area contributed by atoms with Gasteiger partial charge in [0, 0.05) is 44.7 Å². The molecule has 0 radical (unpaired) electrons. The number of para-hydroxylation sites is 1. The molecule has 0 bridgehead atoms. The fraction of sp³-hybridized carbons (Fsp3) is 0.379. The number of nitrogens with two attached hydrogens (primary N) is 3. The second-order valence-corrected chi connectivity index (χ2v) is 9.51. The van der Waals surface area contributed by atoms with Crippen molar-refractivity contribution in [3.63, 3.8) is 0 Å². The molecular weight excluding hydrogens is 508 g/mol. The number of nitrogens with one attached hydrogen (secondary N) is 3.